The smallest absolute Gasteiger partial charge is 0.124 e. The molecule has 1 fully saturated rings. The molecular weight excluding hydrogens is 164 g/mol. The fourth-order valence-electron chi connectivity index (χ4n) is 1.42. The number of hydrogen-bond donors (Lipinski definition) is 2. The monoisotopic (exact) mass is 176 g/mol. The van der Waals surface area contributed by atoms with Crippen molar-refractivity contribution >= 4 is 6.21 Å². The molecule has 1 aliphatic rings. The first-order valence-electron chi connectivity index (χ1n) is 4.37. The summed E-state index contributed by atoms with van der Waals surface area (Å²) in [7, 11) is 0. The minimum atomic E-state index is 0.263. The van der Waals surface area contributed by atoms with Gasteiger partial charge in [0.05, 0.1) is 6.21 Å². The summed E-state index contributed by atoms with van der Waals surface area (Å²) in [5.74, 6) is 5.92. The lowest BCUT2D eigenvalue weighted by Gasteiger charge is -2.01. The topological polar surface area (TPSA) is 58.6 Å². The van der Waals surface area contributed by atoms with Gasteiger partial charge >= 0.3 is 0 Å². The highest BCUT2D eigenvalue weighted by atomic mass is 16.3. The van der Waals surface area contributed by atoms with Crippen molar-refractivity contribution in [1.29, 1.82) is 0 Å². The predicted molar refractivity (Wildman–Crippen MR) is 51.9 cm³/mol. The molecule has 0 amide bonds. The average Bonchev–Trinajstić information content (AvgIpc) is 2.91. The quantitative estimate of drug-likeness (QED) is 0.408. The Morgan fingerprint density at radius 3 is 2.77 bits per heavy atom. The fourth-order valence-corrected chi connectivity index (χ4v) is 1.42. The maximum atomic E-state index is 9.55. The molecule has 0 spiro atoms. The minimum Gasteiger partial charge on any atom is -0.507 e. The normalized spacial score (nSPS) is 16.6. The van der Waals surface area contributed by atoms with Crippen molar-refractivity contribution in [1.82, 2.24) is 0 Å². The summed E-state index contributed by atoms with van der Waals surface area (Å²) in [6.07, 6.45) is 3.93. The fraction of sp³-hybridized carbons (Fsp3) is 0.300. The molecule has 1 saturated carbocycles. The number of aromatic hydroxyl groups is 1. The Bertz CT molecular complexity index is 343. The van der Waals surface area contributed by atoms with Crippen LogP contribution in [0, 0.1) is 0 Å². The van der Waals surface area contributed by atoms with Crippen LogP contribution in [-0.4, -0.2) is 11.3 Å². The van der Waals surface area contributed by atoms with E-state index in [0.29, 0.717) is 11.5 Å². The molecule has 68 valence electrons. The first-order valence-corrected chi connectivity index (χ1v) is 4.37. The number of rotatable bonds is 2. The highest BCUT2D eigenvalue weighted by molar-refractivity contribution is 5.83. The zero-order valence-electron chi connectivity index (χ0n) is 7.27. The van der Waals surface area contributed by atoms with Gasteiger partial charge in [0.15, 0.2) is 0 Å². The average molecular weight is 176 g/mol. The molecule has 0 radical (unpaired) electrons. The molecule has 1 aromatic carbocycles. The SMILES string of the molecule is NN=Cc1ccc(C2CC2)cc1O. The number of hydrazone groups is 1. The van der Waals surface area contributed by atoms with Crippen LogP contribution in [-0.2, 0) is 0 Å². The Hall–Kier alpha value is -1.51. The molecular formula is C10H12N2O. The van der Waals surface area contributed by atoms with E-state index in [1.165, 1.54) is 24.6 Å². The molecule has 1 aromatic rings. The Labute approximate surface area is 76.9 Å². The maximum absolute atomic E-state index is 9.55. The van der Waals surface area contributed by atoms with Crippen molar-refractivity contribution in [2.24, 2.45) is 10.9 Å². The molecule has 3 heteroatoms. The first-order chi connectivity index (χ1) is 6.31. The lowest BCUT2D eigenvalue weighted by atomic mass is 10.1. The maximum Gasteiger partial charge on any atom is 0.124 e. The van der Waals surface area contributed by atoms with Crippen LogP contribution in [0.4, 0.5) is 0 Å². The van der Waals surface area contributed by atoms with Crippen LogP contribution in [0.25, 0.3) is 0 Å². The third-order valence-electron chi connectivity index (χ3n) is 2.32. The van der Waals surface area contributed by atoms with E-state index in [-0.39, 0.29) is 5.75 Å². The molecule has 0 aromatic heterocycles. The number of nitrogens with two attached hydrogens (primary N) is 1. The molecule has 3 N–H and O–H groups in total. The highest BCUT2D eigenvalue weighted by Crippen LogP contribution is 2.41. The molecule has 0 aliphatic heterocycles. The van der Waals surface area contributed by atoms with E-state index in [0.717, 1.165) is 0 Å². The lowest BCUT2D eigenvalue weighted by Crippen LogP contribution is -1.88. The van der Waals surface area contributed by atoms with Crippen LogP contribution in [0.5, 0.6) is 5.75 Å². The van der Waals surface area contributed by atoms with E-state index in [1.54, 1.807) is 6.07 Å². The Kier molecular flexibility index (Phi) is 1.93. The van der Waals surface area contributed by atoms with E-state index in [9.17, 15) is 5.11 Å². The second-order valence-corrected chi connectivity index (χ2v) is 3.37. The number of benzene rings is 1. The highest BCUT2D eigenvalue weighted by Gasteiger charge is 2.23. The molecule has 0 atom stereocenters. The molecule has 0 unspecified atom stereocenters. The van der Waals surface area contributed by atoms with Crippen LogP contribution in [0.15, 0.2) is 23.3 Å². The van der Waals surface area contributed by atoms with Gasteiger partial charge in [0, 0.05) is 5.56 Å². The van der Waals surface area contributed by atoms with Gasteiger partial charge < -0.3 is 10.9 Å². The van der Waals surface area contributed by atoms with Gasteiger partial charge in [-0.15, -0.1) is 0 Å². The van der Waals surface area contributed by atoms with Crippen molar-refractivity contribution in [3.63, 3.8) is 0 Å². The van der Waals surface area contributed by atoms with Crippen molar-refractivity contribution in [3.05, 3.63) is 29.3 Å². The third kappa shape index (κ3) is 1.64. The molecule has 0 heterocycles. The Morgan fingerprint density at radius 2 is 2.23 bits per heavy atom. The molecule has 2 rings (SSSR count). The van der Waals surface area contributed by atoms with E-state index in [2.05, 4.69) is 5.10 Å². The van der Waals surface area contributed by atoms with Gasteiger partial charge in [-0.1, -0.05) is 6.07 Å². The lowest BCUT2D eigenvalue weighted by molar-refractivity contribution is 0.473. The zero-order chi connectivity index (χ0) is 9.26. The summed E-state index contributed by atoms with van der Waals surface area (Å²) >= 11 is 0. The number of phenolic OH excluding ortho intramolecular Hbond substituents is 1. The summed E-state index contributed by atoms with van der Waals surface area (Å²) < 4.78 is 0. The van der Waals surface area contributed by atoms with E-state index in [1.807, 2.05) is 12.1 Å². The van der Waals surface area contributed by atoms with Gasteiger partial charge in [-0.2, -0.15) is 5.10 Å². The Balaban J connectivity index is 2.31. The second kappa shape index (κ2) is 3.09. The number of hydrogen-bond acceptors (Lipinski definition) is 3. The Morgan fingerprint density at radius 1 is 1.46 bits per heavy atom. The second-order valence-electron chi connectivity index (χ2n) is 3.37. The summed E-state index contributed by atoms with van der Waals surface area (Å²) in [5.41, 5.74) is 1.89. The van der Waals surface area contributed by atoms with Crippen LogP contribution < -0.4 is 5.84 Å². The standard InChI is InChI=1S/C10H12N2O/c11-12-6-9-4-3-8(5-10(9)13)7-1-2-7/h3-7,13H,1-2,11H2. The van der Waals surface area contributed by atoms with Crippen molar-refractivity contribution in [2.75, 3.05) is 0 Å². The summed E-state index contributed by atoms with van der Waals surface area (Å²) in [6.45, 7) is 0. The van der Waals surface area contributed by atoms with Crippen LogP contribution >= 0.6 is 0 Å². The molecule has 0 saturated heterocycles. The van der Waals surface area contributed by atoms with Crippen molar-refractivity contribution in [2.45, 2.75) is 18.8 Å². The molecule has 1 aliphatic carbocycles. The van der Waals surface area contributed by atoms with Crippen LogP contribution in [0.3, 0.4) is 0 Å². The van der Waals surface area contributed by atoms with Crippen LogP contribution in [0.1, 0.15) is 29.9 Å². The van der Waals surface area contributed by atoms with Gasteiger partial charge in [-0.3, -0.25) is 0 Å². The van der Waals surface area contributed by atoms with E-state index in [4.69, 9.17) is 5.84 Å². The van der Waals surface area contributed by atoms with Gasteiger partial charge in [0.2, 0.25) is 0 Å². The van der Waals surface area contributed by atoms with Crippen molar-refractivity contribution < 1.29 is 5.11 Å². The zero-order valence-corrected chi connectivity index (χ0v) is 7.27. The van der Waals surface area contributed by atoms with Crippen molar-refractivity contribution in [3.8, 4) is 5.75 Å². The molecule has 3 nitrogen and oxygen atoms in total. The van der Waals surface area contributed by atoms with Gasteiger partial charge in [-0.25, -0.2) is 0 Å². The summed E-state index contributed by atoms with van der Waals surface area (Å²) in [6, 6.07) is 5.67. The number of nitrogens with zero attached hydrogens (tertiary/aromatic N) is 1. The van der Waals surface area contributed by atoms with Crippen LogP contribution in [0.2, 0.25) is 0 Å². The predicted octanol–water partition coefficient (Wildman–Crippen LogP) is 1.56. The molecule has 0 bridgehead atoms. The minimum absolute atomic E-state index is 0.263. The first kappa shape index (κ1) is 8.10. The summed E-state index contributed by atoms with van der Waals surface area (Å²) in [5, 5.41) is 12.9. The molecule has 13 heavy (non-hydrogen) atoms. The van der Waals surface area contributed by atoms with Gasteiger partial charge in [0.25, 0.3) is 0 Å². The largest absolute Gasteiger partial charge is 0.507 e. The summed E-state index contributed by atoms with van der Waals surface area (Å²) in [4.78, 5) is 0. The van der Waals surface area contributed by atoms with Gasteiger partial charge in [-0.05, 0) is 36.5 Å². The number of phenols is 1. The van der Waals surface area contributed by atoms with E-state index >= 15 is 0 Å². The third-order valence-corrected chi connectivity index (χ3v) is 2.32. The van der Waals surface area contributed by atoms with Gasteiger partial charge in [0.1, 0.15) is 5.75 Å². The van der Waals surface area contributed by atoms with E-state index < -0.39 is 0 Å².